The molecule has 2 aromatic rings. The van der Waals surface area contributed by atoms with E-state index in [2.05, 4.69) is 10.6 Å². The predicted octanol–water partition coefficient (Wildman–Crippen LogP) is 3.83. The normalized spacial score (nSPS) is 25.3. The summed E-state index contributed by atoms with van der Waals surface area (Å²) >= 11 is 0. The molecule has 9 nitrogen and oxygen atoms in total. The van der Waals surface area contributed by atoms with Crippen molar-refractivity contribution in [2.75, 3.05) is 6.61 Å². The average molecular weight is 521 g/mol. The van der Waals surface area contributed by atoms with Gasteiger partial charge < -0.3 is 25.2 Å². The van der Waals surface area contributed by atoms with Crippen molar-refractivity contribution in [3.05, 3.63) is 59.2 Å². The summed E-state index contributed by atoms with van der Waals surface area (Å²) in [5.74, 6) is 0.681. The van der Waals surface area contributed by atoms with E-state index in [1.54, 1.807) is 18.2 Å². The first kappa shape index (κ1) is 26.0. The van der Waals surface area contributed by atoms with Crippen LogP contribution in [0.25, 0.3) is 0 Å². The highest BCUT2D eigenvalue weighted by Crippen LogP contribution is 2.41. The van der Waals surface area contributed by atoms with Gasteiger partial charge in [0.25, 0.3) is 5.91 Å². The lowest BCUT2D eigenvalue weighted by Crippen LogP contribution is -2.64. The molecule has 1 fully saturated rings. The van der Waals surface area contributed by atoms with Crippen LogP contribution in [0.5, 0.6) is 11.5 Å². The fraction of sp³-hybridized carbons (Fsp3) is 0.483. The van der Waals surface area contributed by atoms with Crippen molar-refractivity contribution in [3.8, 4) is 11.5 Å². The van der Waals surface area contributed by atoms with Crippen LogP contribution in [0.1, 0.15) is 86.9 Å². The zero-order chi connectivity index (χ0) is 27.2. The number of para-hydroxylation sites is 1. The Morgan fingerprint density at radius 2 is 1.89 bits per heavy atom. The number of aliphatic hydroxyl groups excluding tert-OH is 1. The summed E-state index contributed by atoms with van der Waals surface area (Å²) in [6.45, 7) is 7.96. The summed E-state index contributed by atoms with van der Waals surface area (Å²) in [5, 5.41) is 26.0. The summed E-state index contributed by atoms with van der Waals surface area (Å²) in [6.07, 6.45) is 1.18. The molecule has 4 N–H and O–H groups in total. The largest absolute Gasteiger partial charge is 0.490 e. The molecule has 5 rings (SSSR count). The second-order valence-corrected chi connectivity index (χ2v) is 11.1. The first-order chi connectivity index (χ1) is 18.1. The van der Waals surface area contributed by atoms with Crippen molar-refractivity contribution >= 4 is 17.8 Å². The number of hydrogen-bond acceptors (Lipinski definition) is 6. The highest BCUT2D eigenvalue weighted by Gasteiger charge is 2.46. The van der Waals surface area contributed by atoms with E-state index >= 15 is 0 Å². The Balaban J connectivity index is 1.44. The summed E-state index contributed by atoms with van der Waals surface area (Å²) in [4.78, 5) is 28.2. The molecule has 0 aromatic heterocycles. The Hall–Kier alpha value is -3.59. The smallest absolute Gasteiger partial charge is 0.251 e. The quantitative estimate of drug-likeness (QED) is 0.475. The number of ether oxygens (including phenoxy) is 2. The molecule has 1 saturated heterocycles. The Morgan fingerprint density at radius 1 is 1.16 bits per heavy atom. The zero-order valence-corrected chi connectivity index (χ0v) is 22.3. The molecule has 0 aliphatic carbocycles. The number of guanidine groups is 1. The maximum atomic E-state index is 13.5. The minimum Gasteiger partial charge on any atom is -0.490 e. The number of carbonyl (C=O) groups is 2. The third-order valence-corrected chi connectivity index (χ3v) is 8.06. The third-order valence-electron chi connectivity index (χ3n) is 8.06. The Bertz CT molecular complexity index is 1250. The molecule has 3 heterocycles. The molecule has 0 spiro atoms. The number of fused-ring (bicyclic) bond motifs is 2. The van der Waals surface area contributed by atoms with Gasteiger partial charge in [-0.25, -0.2) is 0 Å². The number of carbonyl (C=O) groups excluding carboxylic acids is 2. The maximum absolute atomic E-state index is 13.5. The second-order valence-electron chi connectivity index (χ2n) is 11.1. The van der Waals surface area contributed by atoms with Gasteiger partial charge >= 0.3 is 0 Å². The second kappa shape index (κ2) is 9.62. The number of amides is 2. The summed E-state index contributed by atoms with van der Waals surface area (Å²) in [5.41, 5.74) is 0.889. The fourth-order valence-electron chi connectivity index (χ4n) is 5.84. The topological polar surface area (TPSA) is 124 Å². The first-order valence-electron chi connectivity index (χ1n) is 13.3. The van der Waals surface area contributed by atoms with E-state index in [0.29, 0.717) is 36.1 Å². The molecular weight excluding hydrogens is 484 g/mol. The lowest BCUT2D eigenvalue weighted by molar-refractivity contribution is -0.136. The Kier molecular flexibility index (Phi) is 6.59. The Labute approximate surface area is 223 Å². The first-order valence-corrected chi connectivity index (χ1v) is 13.3. The molecule has 9 heteroatoms. The number of benzene rings is 2. The van der Waals surface area contributed by atoms with Gasteiger partial charge in [0.1, 0.15) is 29.8 Å². The fourth-order valence-corrected chi connectivity index (χ4v) is 5.84. The highest BCUT2D eigenvalue weighted by atomic mass is 16.5. The van der Waals surface area contributed by atoms with Crippen LogP contribution in [0.2, 0.25) is 0 Å². The summed E-state index contributed by atoms with van der Waals surface area (Å²) in [7, 11) is 0. The third kappa shape index (κ3) is 4.60. The Morgan fingerprint density at radius 3 is 2.61 bits per heavy atom. The zero-order valence-electron chi connectivity index (χ0n) is 22.3. The predicted molar refractivity (Wildman–Crippen MR) is 142 cm³/mol. The number of hydrogen-bond donors (Lipinski definition) is 4. The van der Waals surface area contributed by atoms with Crippen LogP contribution in [-0.2, 0) is 4.79 Å². The molecule has 3 aliphatic heterocycles. The molecule has 0 bridgehead atoms. The summed E-state index contributed by atoms with van der Waals surface area (Å²) in [6, 6.07) is 11.6. The van der Waals surface area contributed by atoms with E-state index in [1.165, 1.54) is 4.90 Å². The number of rotatable bonds is 5. The molecule has 3 atom stereocenters. The van der Waals surface area contributed by atoms with Gasteiger partial charge in [0.05, 0.1) is 18.5 Å². The molecule has 2 amide bonds. The number of nitrogens with one attached hydrogen (secondary N) is 3. The van der Waals surface area contributed by atoms with Crippen molar-refractivity contribution in [1.82, 2.24) is 15.5 Å². The van der Waals surface area contributed by atoms with E-state index in [4.69, 9.17) is 14.9 Å². The van der Waals surface area contributed by atoms with Crippen molar-refractivity contribution in [3.63, 3.8) is 0 Å². The molecule has 2 unspecified atom stereocenters. The minimum atomic E-state index is -1.05. The van der Waals surface area contributed by atoms with Gasteiger partial charge in [-0.3, -0.25) is 19.9 Å². The average Bonchev–Trinajstić information content (AvgIpc) is 2.88. The van der Waals surface area contributed by atoms with Crippen LogP contribution < -0.4 is 20.1 Å². The van der Waals surface area contributed by atoms with Crippen molar-refractivity contribution in [2.24, 2.45) is 0 Å². The lowest BCUT2D eigenvalue weighted by atomic mass is 9.85. The van der Waals surface area contributed by atoms with Gasteiger partial charge in [-0.2, -0.15) is 0 Å². The van der Waals surface area contributed by atoms with Crippen molar-refractivity contribution in [2.45, 2.75) is 82.7 Å². The standard InChI is InChI=1S/C29H36N4O5/c1-5-29(6-2)15-24(35)33(27(30)32-29)25-19-13-17(11-12-22(19)37-16-21(25)34)26(36)31-20-14-28(3,4)38-23-10-8-7-9-18(20)23/h7-13,20-21,25,34H,5-6,14-16H2,1-4H3,(H2,30,32)(H,31,36)/t20-,21?,25?/m0/s1. The van der Waals surface area contributed by atoms with Gasteiger partial charge in [-0.15, -0.1) is 0 Å². The van der Waals surface area contributed by atoms with E-state index < -0.39 is 23.3 Å². The van der Waals surface area contributed by atoms with Crippen molar-refractivity contribution < 1.29 is 24.2 Å². The molecule has 3 aliphatic rings. The number of aliphatic hydroxyl groups is 1. The van der Waals surface area contributed by atoms with Crippen LogP contribution in [-0.4, -0.2) is 51.6 Å². The highest BCUT2D eigenvalue weighted by molar-refractivity contribution is 6.00. The van der Waals surface area contributed by atoms with E-state index in [1.807, 2.05) is 52.0 Å². The van der Waals surface area contributed by atoms with Crippen LogP contribution >= 0.6 is 0 Å². The number of nitrogens with zero attached hydrogens (tertiary/aromatic N) is 1. The van der Waals surface area contributed by atoms with E-state index in [9.17, 15) is 14.7 Å². The monoisotopic (exact) mass is 520 g/mol. The molecule has 202 valence electrons. The minimum absolute atomic E-state index is 0.0130. The van der Waals surface area contributed by atoms with Crippen LogP contribution in [0.3, 0.4) is 0 Å². The summed E-state index contributed by atoms with van der Waals surface area (Å²) < 4.78 is 11.8. The van der Waals surface area contributed by atoms with Gasteiger partial charge in [-0.05, 0) is 51.0 Å². The lowest BCUT2D eigenvalue weighted by Gasteiger charge is -2.46. The molecular formula is C29H36N4O5. The van der Waals surface area contributed by atoms with Crippen LogP contribution in [0.4, 0.5) is 0 Å². The SMILES string of the molecule is CCC1(CC)CC(=O)N(C2c3cc(C(=O)N[C@H]4CC(C)(C)Oc5ccccc54)ccc3OCC2O)C(=N)N1. The maximum Gasteiger partial charge on any atom is 0.251 e. The molecule has 2 aromatic carbocycles. The van der Waals surface area contributed by atoms with Gasteiger partial charge in [-0.1, -0.05) is 32.0 Å². The van der Waals surface area contributed by atoms with Gasteiger partial charge in [0, 0.05) is 28.7 Å². The van der Waals surface area contributed by atoms with Gasteiger partial charge in [0.2, 0.25) is 5.91 Å². The van der Waals surface area contributed by atoms with Crippen LogP contribution in [0, 0.1) is 5.41 Å². The van der Waals surface area contributed by atoms with Gasteiger partial charge in [0.15, 0.2) is 5.96 Å². The molecule has 0 radical (unpaired) electrons. The van der Waals surface area contributed by atoms with Crippen LogP contribution in [0.15, 0.2) is 42.5 Å². The van der Waals surface area contributed by atoms with E-state index in [0.717, 1.165) is 11.3 Å². The van der Waals surface area contributed by atoms with E-state index in [-0.39, 0.29) is 36.8 Å². The molecule has 38 heavy (non-hydrogen) atoms. The van der Waals surface area contributed by atoms with Crippen molar-refractivity contribution in [1.29, 1.82) is 5.41 Å². The molecule has 0 saturated carbocycles.